The molecule has 2 atom stereocenters. The van der Waals surface area contributed by atoms with E-state index in [1.807, 2.05) is 20.8 Å². The number of ether oxygens (including phenoxy) is 1. The Balaban J connectivity index is 1.57. The first kappa shape index (κ1) is 17.0. The van der Waals surface area contributed by atoms with E-state index >= 15 is 0 Å². The summed E-state index contributed by atoms with van der Waals surface area (Å²) < 4.78 is 7.64. The molecule has 1 amide bonds. The molecule has 0 aromatic carbocycles. The standard InChI is InChI=1S/C18H23N5O3/c1-4-23-16(13-7-10(2)26-11(3)15(13)21-23)18(25)22-8-12(9-22)17-19-6-5-14(24)20-17/h5-6,10-12H,4,7-9H2,1-3H3,(H,19,20,24)/t10-,11+/m0/s1. The number of aromatic amines is 1. The molecule has 4 rings (SSSR count). The van der Waals surface area contributed by atoms with Gasteiger partial charge in [0, 0.05) is 43.9 Å². The summed E-state index contributed by atoms with van der Waals surface area (Å²) in [7, 11) is 0. The zero-order chi connectivity index (χ0) is 18.4. The average molecular weight is 357 g/mol. The highest BCUT2D eigenvalue weighted by Gasteiger charge is 2.38. The van der Waals surface area contributed by atoms with Gasteiger partial charge in [0.05, 0.1) is 23.8 Å². The lowest BCUT2D eigenvalue weighted by Crippen LogP contribution is -2.50. The van der Waals surface area contributed by atoms with E-state index in [1.165, 1.54) is 12.3 Å². The average Bonchev–Trinajstić information content (AvgIpc) is 2.92. The monoisotopic (exact) mass is 357 g/mol. The largest absolute Gasteiger partial charge is 0.369 e. The summed E-state index contributed by atoms with van der Waals surface area (Å²) in [4.78, 5) is 33.3. The number of aromatic nitrogens is 4. The van der Waals surface area contributed by atoms with Crippen LogP contribution in [0.4, 0.5) is 0 Å². The first-order valence-corrected chi connectivity index (χ1v) is 9.07. The highest BCUT2D eigenvalue weighted by atomic mass is 16.5. The summed E-state index contributed by atoms with van der Waals surface area (Å²) in [6.45, 7) is 7.73. The number of amides is 1. The highest BCUT2D eigenvalue weighted by molar-refractivity contribution is 5.95. The smallest absolute Gasteiger partial charge is 0.272 e. The van der Waals surface area contributed by atoms with Crippen molar-refractivity contribution < 1.29 is 9.53 Å². The number of H-pyrrole nitrogens is 1. The zero-order valence-corrected chi connectivity index (χ0v) is 15.2. The quantitative estimate of drug-likeness (QED) is 0.892. The molecule has 0 radical (unpaired) electrons. The van der Waals surface area contributed by atoms with Gasteiger partial charge in [-0.1, -0.05) is 0 Å². The molecule has 0 bridgehead atoms. The Labute approximate surface area is 151 Å². The number of nitrogens with zero attached hydrogens (tertiary/aromatic N) is 4. The van der Waals surface area contributed by atoms with E-state index in [2.05, 4.69) is 15.1 Å². The van der Waals surface area contributed by atoms with Crippen molar-refractivity contribution >= 4 is 5.91 Å². The first-order chi connectivity index (χ1) is 12.5. The fraction of sp³-hybridized carbons (Fsp3) is 0.556. The second-order valence-electron chi connectivity index (χ2n) is 7.05. The van der Waals surface area contributed by atoms with Gasteiger partial charge < -0.3 is 14.6 Å². The first-order valence-electron chi connectivity index (χ1n) is 9.07. The number of fused-ring (bicyclic) bond motifs is 1. The zero-order valence-electron chi connectivity index (χ0n) is 15.2. The Morgan fingerprint density at radius 2 is 2.15 bits per heavy atom. The Morgan fingerprint density at radius 3 is 2.85 bits per heavy atom. The summed E-state index contributed by atoms with van der Waals surface area (Å²) in [5.41, 5.74) is 2.40. The van der Waals surface area contributed by atoms with E-state index in [4.69, 9.17) is 4.74 Å². The van der Waals surface area contributed by atoms with E-state index in [0.29, 0.717) is 37.6 Å². The van der Waals surface area contributed by atoms with Gasteiger partial charge in [0.1, 0.15) is 11.5 Å². The lowest BCUT2D eigenvalue weighted by atomic mass is 9.95. The van der Waals surface area contributed by atoms with Gasteiger partial charge >= 0.3 is 0 Å². The molecule has 4 heterocycles. The van der Waals surface area contributed by atoms with Crippen molar-refractivity contribution in [2.24, 2.45) is 0 Å². The number of nitrogens with one attached hydrogen (secondary N) is 1. The fourth-order valence-corrected chi connectivity index (χ4v) is 3.82. The molecule has 2 aliphatic heterocycles. The molecule has 2 aromatic rings. The van der Waals surface area contributed by atoms with Crippen LogP contribution >= 0.6 is 0 Å². The van der Waals surface area contributed by atoms with Gasteiger partial charge in [-0.3, -0.25) is 14.3 Å². The van der Waals surface area contributed by atoms with Crippen LogP contribution in [-0.2, 0) is 17.7 Å². The molecule has 1 N–H and O–H groups in total. The molecule has 1 saturated heterocycles. The van der Waals surface area contributed by atoms with Gasteiger partial charge in [-0.2, -0.15) is 5.10 Å². The molecule has 138 valence electrons. The minimum absolute atomic E-state index is 0.00331. The topological polar surface area (TPSA) is 93.1 Å². The van der Waals surface area contributed by atoms with Crippen LogP contribution in [0.5, 0.6) is 0 Å². The SMILES string of the molecule is CCn1nc2c(c1C(=O)N1CC(c3nccc(=O)[nH]3)C1)C[C@H](C)O[C@@H]2C. The van der Waals surface area contributed by atoms with E-state index in [9.17, 15) is 9.59 Å². The third kappa shape index (κ3) is 2.74. The lowest BCUT2D eigenvalue weighted by molar-refractivity contribution is -0.00720. The molecule has 0 saturated carbocycles. The van der Waals surface area contributed by atoms with Crippen molar-refractivity contribution in [3.63, 3.8) is 0 Å². The van der Waals surface area contributed by atoms with Crippen molar-refractivity contribution in [3.8, 4) is 0 Å². The molecule has 0 spiro atoms. The van der Waals surface area contributed by atoms with E-state index in [1.54, 1.807) is 9.58 Å². The minimum Gasteiger partial charge on any atom is -0.369 e. The summed E-state index contributed by atoms with van der Waals surface area (Å²) in [5, 5.41) is 4.62. The molecule has 26 heavy (non-hydrogen) atoms. The molecular weight excluding hydrogens is 334 g/mol. The predicted molar refractivity (Wildman–Crippen MR) is 94.1 cm³/mol. The maximum atomic E-state index is 13.1. The van der Waals surface area contributed by atoms with Crippen molar-refractivity contribution in [1.29, 1.82) is 0 Å². The highest BCUT2D eigenvalue weighted by Crippen LogP contribution is 2.33. The molecular formula is C18H23N5O3. The van der Waals surface area contributed by atoms with Crippen LogP contribution in [0.3, 0.4) is 0 Å². The second kappa shape index (κ2) is 6.35. The number of hydrogen-bond acceptors (Lipinski definition) is 5. The van der Waals surface area contributed by atoms with Crippen LogP contribution in [-0.4, -0.2) is 49.7 Å². The van der Waals surface area contributed by atoms with Crippen LogP contribution < -0.4 is 5.56 Å². The van der Waals surface area contributed by atoms with Crippen molar-refractivity contribution in [1.82, 2.24) is 24.6 Å². The molecule has 1 fully saturated rings. The summed E-state index contributed by atoms with van der Waals surface area (Å²) >= 11 is 0. The van der Waals surface area contributed by atoms with E-state index < -0.39 is 0 Å². The third-order valence-corrected chi connectivity index (χ3v) is 5.14. The molecule has 8 heteroatoms. The number of aryl methyl sites for hydroxylation is 1. The summed E-state index contributed by atoms with van der Waals surface area (Å²) in [5.74, 6) is 0.711. The number of carbonyl (C=O) groups is 1. The van der Waals surface area contributed by atoms with Crippen LogP contribution in [0.25, 0.3) is 0 Å². The normalized spacial score (nSPS) is 22.8. The summed E-state index contributed by atoms with van der Waals surface area (Å²) in [6.07, 6.45) is 2.17. The van der Waals surface area contributed by atoms with Crippen LogP contribution in [0, 0.1) is 0 Å². The summed E-state index contributed by atoms with van der Waals surface area (Å²) in [6, 6.07) is 1.39. The molecule has 2 aliphatic rings. The Hall–Kier alpha value is -2.48. The Morgan fingerprint density at radius 1 is 1.38 bits per heavy atom. The van der Waals surface area contributed by atoms with Crippen molar-refractivity contribution in [3.05, 3.63) is 45.4 Å². The van der Waals surface area contributed by atoms with Gasteiger partial charge in [0.25, 0.3) is 11.5 Å². The van der Waals surface area contributed by atoms with E-state index in [0.717, 1.165) is 11.3 Å². The lowest BCUT2D eigenvalue weighted by Gasteiger charge is -2.38. The van der Waals surface area contributed by atoms with Gasteiger partial charge in [-0.15, -0.1) is 0 Å². The minimum atomic E-state index is -0.166. The molecule has 0 aliphatic carbocycles. The Bertz CT molecular complexity index is 896. The fourth-order valence-electron chi connectivity index (χ4n) is 3.82. The number of carbonyl (C=O) groups excluding carboxylic acids is 1. The van der Waals surface area contributed by atoms with Gasteiger partial charge in [0.2, 0.25) is 0 Å². The van der Waals surface area contributed by atoms with Crippen molar-refractivity contribution in [2.45, 2.75) is 51.9 Å². The third-order valence-electron chi connectivity index (χ3n) is 5.14. The van der Waals surface area contributed by atoms with Gasteiger partial charge in [0.15, 0.2) is 0 Å². The molecule has 0 unspecified atom stereocenters. The Kier molecular flexibility index (Phi) is 4.14. The van der Waals surface area contributed by atoms with Gasteiger partial charge in [-0.25, -0.2) is 4.98 Å². The number of rotatable bonds is 3. The van der Waals surface area contributed by atoms with Gasteiger partial charge in [-0.05, 0) is 20.8 Å². The van der Waals surface area contributed by atoms with Crippen LogP contribution in [0.2, 0.25) is 0 Å². The van der Waals surface area contributed by atoms with Crippen LogP contribution in [0.1, 0.15) is 60.4 Å². The van der Waals surface area contributed by atoms with Crippen LogP contribution in [0.15, 0.2) is 17.1 Å². The maximum Gasteiger partial charge on any atom is 0.272 e. The molecule has 8 nitrogen and oxygen atoms in total. The predicted octanol–water partition coefficient (Wildman–Crippen LogP) is 1.25. The second-order valence-corrected chi connectivity index (χ2v) is 7.05. The number of likely N-dealkylation sites (tertiary alicyclic amines) is 1. The van der Waals surface area contributed by atoms with E-state index in [-0.39, 0.29) is 29.6 Å². The molecule has 2 aromatic heterocycles. The van der Waals surface area contributed by atoms with Crippen molar-refractivity contribution in [2.75, 3.05) is 13.1 Å². The number of hydrogen-bond donors (Lipinski definition) is 1. The maximum absolute atomic E-state index is 13.1.